The van der Waals surface area contributed by atoms with Crippen molar-refractivity contribution >= 4 is 48.1 Å². The van der Waals surface area contributed by atoms with Gasteiger partial charge in [-0.15, -0.1) is 69.1 Å². The van der Waals surface area contributed by atoms with Crippen LogP contribution in [-0.2, 0) is 33.7 Å². The van der Waals surface area contributed by atoms with Gasteiger partial charge < -0.3 is 0 Å². The van der Waals surface area contributed by atoms with E-state index >= 15 is 0 Å². The summed E-state index contributed by atoms with van der Waals surface area (Å²) in [6.45, 7) is 8.62. The Bertz CT molecular complexity index is 1430. The van der Waals surface area contributed by atoms with E-state index in [1.54, 1.807) is 0 Å². The fourth-order valence-electron chi connectivity index (χ4n) is 4.84. The van der Waals surface area contributed by atoms with Gasteiger partial charge in [0, 0.05) is 9.52 Å². The van der Waals surface area contributed by atoms with E-state index in [0.29, 0.717) is 0 Å². The average Bonchev–Trinajstić information content (AvgIpc) is 3.53. The van der Waals surface area contributed by atoms with Crippen molar-refractivity contribution in [1.29, 1.82) is 0 Å². The van der Waals surface area contributed by atoms with Gasteiger partial charge in [-0.05, 0) is 24.0 Å². The number of halogens is 2. The van der Waals surface area contributed by atoms with Crippen LogP contribution in [0.15, 0.2) is 121 Å². The second-order valence-electron chi connectivity index (χ2n) is 9.80. The summed E-state index contributed by atoms with van der Waals surface area (Å²) >= 11 is -0.826. The van der Waals surface area contributed by atoms with E-state index in [1.807, 2.05) is 0 Å². The summed E-state index contributed by atoms with van der Waals surface area (Å²) in [6.07, 6.45) is 2.03. The third-order valence-electron chi connectivity index (χ3n) is 6.45. The molecule has 40 heavy (non-hydrogen) atoms. The molecule has 6 aromatic rings. The molecule has 0 aromatic heterocycles. The molecule has 6 aromatic carbocycles. The van der Waals surface area contributed by atoms with Crippen LogP contribution in [0.25, 0.3) is 21.5 Å². The summed E-state index contributed by atoms with van der Waals surface area (Å²) in [6, 6.07) is 43.5. The second kappa shape index (κ2) is 17.6. The molecule has 202 valence electrons. The molecule has 0 amide bonds. The first-order chi connectivity index (χ1) is 19.5. The molecular formula is C36H36Cl2SiZr. The van der Waals surface area contributed by atoms with Crippen LogP contribution in [-0.4, -0.2) is 9.52 Å². The van der Waals surface area contributed by atoms with E-state index in [1.165, 1.54) is 54.9 Å². The molecule has 0 spiro atoms. The Labute approximate surface area is 261 Å². The number of hydrogen-bond acceptors (Lipinski definition) is 0. The monoisotopic (exact) mass is 656 g/mol. The van der Waals surface area contributed by atoms with Crippen LogP contribution < -0.4 is 0 Å². The van der Waals surface area contributed by atoms with Crippen LogP contribution in [0.5, 0.6) is 0 Å². The maximum atomic E-state index is 4.93. The number of rotatable bonds is 4. The first-order valence-electron chi connectivity index (χ1n) is 13.4. The van der Waals surface area contributed by atoms with E-state index in [2.05, 4.69) is 148 Å². The molecule has 0 aliphatic carbocycles. The van der Waals surface area contributed by atoms with E-state index < -0.39 is 20.8 Å². The first-order valence-corrected chi connectivity index (χ1v) is 21.7. The molecule has 0 fully saturated rings. The van der Waals surface area contributed by atoms with Gasteiger partial charge in [0.2, 0.25) is 0 Å². The van der Waals surface area contributed by atoms with Gasteiger partial charge in [-0.3, -0.25) is 0 Å². The summed E-state index contributed by atoms with van der Waals surface area (Å²) in [4.78, 5) is 0. The third kappa shape index (κ3) is 10.0. The average molecular weight is 659 g/mol. The Morgan fingerprint density at radius 2 is 0.925 bits per heavy atom. The van der Waals surface area contributed by atoms with Gasteiger partial charge in [-0.25, -0.2) is 0 Å². The zero-order chi connectivity index (χ0) is 28.7. The van der Waals surface area contributed by atoms with Gasteiger partial charge >= 0.3 is 37.9 Å². The second-order valence-corrected chi connectivity index (χ2v) is 14.5. The van der Waals surface area contributed by atoms with Crippen molar-refractivity contribution in [3.05, 3.63) is 155 Å². The van der Waals surface area contributed by atoms with Gasteiger partial charge in [0.15, 0.2) is 0 Å². The molecular weight excluding hydrogens is 623 g/mol. The molecule has 0 N–H and O–H groups in total. The molecule has 0 bridgehead atoms. The van der Waals surface area contributed by atoms with Crippen molar-refractivity contribution in [2.24, 2.45) is 0 Å². The molecule has 6 rings (SSSR count). The van der Waals surface area contributed by atoms with E-state index in [9.17, 15) is 0 Å². The molecule has 0 aliphatic heterocycles. The van der Waals surface area contributed by atoms with Crippen molar-refractivity contribution in [3.8, 4) is 0 Å². The van der Waals surface area contributed by atoms with Crippen molar-refractivity contribution < 1.29 is 20.8 Å². The number of fused-ring (bicyclic) bond motifs is 2. The molecule has 4 heteroatoms. The van der Waals surface area contributed by atoms with Gasteiger partial charge in [-0.1, -0.05) is 111 Å². The Balaban J connectivity index is 0.000000185. The summed E-state index contributed by atoms with van der Waals surface area (Å²) < 4.78 is 0. The van der Waals surface area contributed by atoms with E-state index in [4.69, 9.17) is 17.0 Å². The van der Waals surface area contributed by atoms with Crippen molar-refractivity contribution in [2.75, 3.05) is 0 Å². The van der Waals surface area contributed by atoms with E-state index in [0.717, 1.165) is 22.4 Å². The van der Waals surface area contributed by atoms with Crippen LogP contribution in [0.3, 0.4) is 0 Å². The minimum atomic E-state index is -0.826. The van der Waals surface area contributed by atoms with Gasteiger partial charge in [0.05, 0.1) is 0 Å². The zero-order valence-electron chi connectivity index (χ0n) is 23.7. The van der Waals surface area contributed by atoms with Crippen LogP contribution >= 0.6 is 17.0 Å². The zero-order valence-corrected chi connectivity index (χ0v) is 28.7. The summed E-state index contributed by atoms with van der Waals surface area (Å²) in [7, 11) is 11.0. The number of benzene rings is 4. The van der Waals surface area contributed by atoms with Crippen molar-refractivity contribution in [1.82, 2.24) is 0 Å². The van der Waals surface area contributed by atoms with Crippen LogP contribution in [0.2, 0.25) is 13.1 Å². The molecule has 0 saturated heterocycles. The maximum absolute atomic E-state index is 4.93. The number of aryl methyl sites for hydroxylation is 2. The quantitative estimate of drug-likeness (QED) is 0.131. The topological polar surface area (TPSA) is 0 Å². The van der Waals surface area contributed by atoms with Crippen molar-refractivity contribution in [2.45, 2.75) is 39.8 Å². The molecule has 0 atom stereocenters. The predicted molar refractivity (Wildman–Crippen MR) is 176 cm³/mol. The Hall–Kier alpha value is -2.22. The minimum absolute atomic E-state index is 0.826. The molecule has 2 radical (unpaired) electrons. The van der Waals surface area contributed by atoms with Gasteiger partial charge in [0.25, 0.3) is 0 Å². The Morgan fingerprint density at radius 1 is 0.575 bits per heavy atom. The number of hydrogen-bond donors (Lipinski definition) is 0. The van der Waals surface area contributed by atoms with E-state index in [-0.39, 0.29) is 0 Å². The first kappa shape index (κ1) is 32.3. The van der Waals surface area contributed by atoms with Gasteiger partial charge in [0.1, 0.15) is 0 Å². The summed E-state index contributed by atoms with van der Waals surface area (Å²) in [5.74, 6) is 0. The third-order valence-corrected chi connectivity index (χ3v) is 6.45. The molecule has 0 unspecified atom stereocenters. The van der Waals surface area contributed by atoms with Crippen LogP contribution in [0, 0.1) is 13.8 Å². The molecule has 0 saturated carbocycles. The summed E-state index contributed by atoms with van der Waals surface area (Å²) in [5.41, 5.74) is 8.28. The Morgan fingerprint density at radius 3 is 1.27 bits per heavy atom. The van der Waals surface area contributed by atoms with Crippen LogP contribution in [0.1, 0.15) is 33.4 Å². The molecule has 0 heterocycles. The Kier molecular flexibility index (Phi) is 14.2. The summed E-state index contributed by atoms with van der Waals surface area (Å²) in [5, 5.41) is 5.51. The standard InChI is InChI=1S/2C17H15.C2H6Si.2ClH.Zr/c2*1-13-10-15-8-5-9-16(17(15)11-13)12-14-6-3-2-4-7-14;1-3-2;;;/h2*2-11H,12H2,1H3;1-2H3;2*1H;/q2*-1;;;;+4/p-2. The SMILES string of the molecule is C[Si]C.Cc1cc2c(Cc3ccccc3)cccc2[cH-]1.Cc1cc2c(Cc3ccccc3)cccc2[cH-]1.[Cl][Zr+2][Cl]. The fraction of sp³-hybridized carbons (Fsp3) is 0.167. The molecule has 0 nitrogen and oxygen atoms in total. The van der Waals surface area contributed by atoms with Crippen molar-refractivity contribution in [3.63, 3.8) is 0 Å². The van der Waals surface area contributed by atoms with Crippen LogP contribution in [0.4, 0.5) is 0 Å². The normalized spacial score (nSPS) is 9.95. The predicted octanol–water partition coefficient (Wildman–Crippen LogP) is 11.1. The van der Waals surface area contributed by atoms with Gasteiger partial charge in [-0.2, -0.15) is 12.1 Å². The molecule has 0 aliphatic rings. The fourth-order valence-corrected chi connectivity index (χ4v) is 4.84.